The predicted octanol–water partition coefficient (Wildman–Crippen LogP) is 1.49. The molecule has 3 rings (SSSR count). The smallest absolute Gasteiger partial charge is 0.263 e. The molecule has 0 spiro atoms. The van der Waals surface area contributed by atoms with Gasteiger partial charge in [0, 0.05) is 24.5 Å². The molecule has 1 fully saturated rings. The Kier molecular flexibility index (Phi) is 3.54. The summed E-state index contributed by atoms with van der Waals surface area (Å²) in [6.45, 7) is 0.646. The summed E-state index contributed by atoms with van der Waals surface area (Å²) in [5.74, 6) is -0.134. The summed E-state index contributed by atoms with van der Waals surface area (Å²) < 4.78 is 0. The van der Waals surface area contributed by atoms with E-state index < -0.39 is 0 Å². The quantitative estimate of drug-likeness (QED) is 0.894. The van der Waals surface area contributed by atoms with Crippen LogP contribution in [0.2, 0.25) is 0 Å². The van der Waals surface area contributed by atoms with Crippen LogP contribution in [-0.2, 0) is 0 Å². The fourth-order valence-corrected chi connectivity index (χ4v) is 3.64. The van der Waals surface area contributed by atoms with Crippen molar-refractivity contribution in [1.82, 2.24) is 20.2 Å². The number of amides is 1. The molecule has 0 saturated heterocycles. The van der Waals surface area contributed by atoms with E-state index >= 15 is 0 Å². The summed E-state index contributed by atoms with van der Waals surface area (Å²) in [4.78, 5) is 24.2. The number of carbonyl (C=O) groups is 1. The Labute approximate surface area is 127 Å². The molecule has 1 amide bonds. The van der Waals surface area contributed by atoms with Crippen LogP contribution < -0.4 is 11.1 Å². The average Bonchev–Trinajstić information content (AvgIpc) is 2.75. The van der Waals surface area contributed by atoms with Gasteiger partial charge in [-0.15, -0.1) is 11.3 Å². The lowest BCUT2D eigenvalue weighted by molar-refractivity contribution is 0.0559. The number of fused-ring (bicyclic) bond motifs is 1. The molecule has 3 N–H and O–H groups in total. The number of anilines is 1. The normalized spacial score (nSPS) is 16.9. The minimum absolute atomic E-state index is 0.0948. The third-order valence-corrected chi connectivity index (χ3v) is 5.48. The molecule has 2 aromatic heterocycles. The highest BCUT2D eigenvalue weighted by atomic mass is 32.1. The van der Waals surface area contributed by atoms with Gasteiger partial charge in [-0.05, 0) is 33.4 Å². The molecule has 1 aliphatic carbocycles. The van der Waals surface area contributed by atoms with Gasteiger partial charge in [0.1, 0.15) is 15.2 Å². The minimum atomic E-state index is -0.134. The number of hydrogen-bond donors (Lipinski definition) is 2. The van der Waals surface area contributed by atoms with Gasteiger partial charge in [-0.2, -0.15) is 0 Å². The van der Waals surface area contributed by atoms with Crippen molar-refractivity contribution in [2.24, 2.45) is 0 Å². The second-order valence-corrected chi connectivity index (χ2v) is 6.71. The number of carbonyl (C=O) groups excluding carboxylic acids is 1. The Hall–Kier alpha value is -1.73. The number of aromatic nitrogens is 2. The molecular weight excluding hydrogens is 286 g/mol. The third-order valence-electron chi connectivity index (χ3n) is 4.38. The number of likely N-dealkylation sites (N-methyl/N-ethyl adjacent to an activating group) is 1. The Balaban J connectivity index is 1.77. The lowest BCUT2D eigenvalue weighted by atomic mass is 9.75. The van der Waals surface area contributed by atoms with Crippen molar-refractivity contribution < 1.29 is 4.79 Å². The third kappa shape index (κ3) is 2.36. The monoisotopic (exact) mass is 305 g/mol. The van der Waals surface area contributed by atoms with Crippen LogP contribution in [0.1, 0.15) is 28.9 Å². The lowest BCUT2D eigenvalue weighted by Crippen LogP contribution is -2.57. The molecule has 0 bridgehead atoms. The first kappa shape index (κ1) is 14.2. The van der Waals surface area contributed by atoms with E-state index in [4.69, 9.17) is 5.73 Å². The number of nitrogens with one attached hydrogen (secondary N) is 1. The molecule has 1 aliphatic rings. The van der Waals surface area contributed by atoms with Gasteiger partial charge >= 0.3 is 0 Å². The van der Waals surface area contributed by atoms with Gasteiger partial charge in [-0.25, -0.2) is 9.97 Å². The summed E-state index contributed by atoms with van der Waals surface area (Å²) in [5, 5.41) is 3.02. The van der Waals surface area contributed by atoms with Crippen LogP contribution in [0.15, 0.2) is 12.4 Å². The maximum atomic E-state index is 12.4. The van der Waals surface area contributed by atoms with Crippen molar-refractivity contribution in [3.63, 3.8) is 0 Å². The average molecular weight is 305 g/mol. The number of nitrogens with two attached hydrogens (primary N) is 1. The predicted molar refractivity (Wildman–Crippen MR) is 84.4 cm³/mol. The fourth-order valence-electron chi connectivity index (χ4n) is 2.70. The molecule has 1 saturated carbocycles. The Morgan fingerprint density at radius 2 is 2.14 bits per heavy atom. The Morgan fingerprint density at radius 3 is 2.71 bits per heavy atom. The standard InChI is InChI=1S/C14H19N5OS/c1-19(2)14(4-3-5-14)8-18-12(20)11-9(15)10-13(21-11)17-7-6-16-10/h6-7H,3-5,8,15H2,1-2H3,(H,18,20). The van der Waals surface area contributed by atoms with Crippen molar-refractivity contribution >= 4 is 33.3 Å². The largest absolute Gasteiger partial charge is 0.396 e. The summed E-state index contributed by atoms with van der Waals surface area (Å²) >= 11 is 1.29. The first-order chi connectivity index (χ1) is 10.0. The van der Waals surface area contributed by atoms with Crippen LogP contribution in [0.25, 0.3) is 10.3 Å². The lowest BCUT2D eigenvalue weighted by Gasteiger charge is -2.47. The number of nitrogens with zero attached hydrogens (tertiary/aromatic N) is 3. The SMILES string of the molecule is CN(C)C1(CNC(=O)c2sc3nccnc3c2N)CCC1. The number of rotatable bonds is 4. The van der Waals surface area contributed by atoms with Crippen LogP contribution in [0.4, 0.5) is 5.69 Å². The molecule has 6 nitrogen and oxygen atoms in total. The molecule has 2 heterocycles. The van der Waals surface area contributed by atoms with Crippen LogP contribution >= 0.6 is 11.3 Å². The summed E-state index contributed by atoms with van der Waals surface area (Å²) in [5.41, 5.74) is 7.15. The highest BCUT2D eigenvalue weighted by Crippen LogP contribution is 2.36. The van der Waals surface area contributed by atoms with Gasteiger partial charge < -0.3 is 16.0 Å². The molecule has 0 atom stereocenters. The molecule has 21 heavy (non-hydrogen) atoms. The van der Waals surface area contributed by atoms with Gasteiger partial charge in [0.15, 0.2) is 0 Å². The van der Waals surface area contributed by atoms with Crippen molar-refractivity contribution in [3.8, 4) is 0 Å². The van der Waals surface area contributed by atoms with Crippen molar-refractivity contribution in [2.45, 2.75) is 24.8 Å². The molecule has 0 aromatic carbocycles. The van der Waals surface area contributed by atoms with Crippen LogP contribution in [0, 0.1) is 0 Å². The zero-order valence-corrected chi connectivity index (χ0v) is 13.0. The Bertz CT molecular complexity index is 677. The van der Waals surface area contributed by atoms with Gasteiger partial charge in [-0.1, -0.05) is 0 Å². The van der Waals surface area contributed by atoms with Crippen LogP contribution in [0.3, 0.4) is 0 Å². The molecule has 112 valence electrons. The highest BCUT2D eigenvalue weighted by Gasteiger charge is 2.39. The highest BCUT2D eigenvalue weighted by molar-refractivity contribution is 7.21. The maximum Gasteiger partial charge on any atom is 0.263 e. The first-order valence-electron chi connectivity index (χ1n) is 6.98. The van der Waals surface area contributed by atoms with E-state index in [1.54, 1.807) is 12.4 Å². The summed E-state index contributed by atoms with van der Waals surface area (Å²) in [6, 6.07) is 0. The van der Waals surface area contributed by atoms with E-state index in [1.807, 2.05) is 0 Å². The topological polar surface area (TPSA) is 84.1 Å². The van der Waals surface area contributed by atoms with Crippen molar-refractivity contribution in [2.75, 3.05) is 26.4 Å². The summed E-state index contributed by atoms with van der Waals surface area (Å²) in [7, 11) is 4.12. The van der Waals surface area contributed by atoms with E-state index in [1.165, 1.54) is 17.8 Å². The first-order valence-corrected chi connectivity index (χ1v) is 7.80. The van der Waals surface area contributed by atoms with Gasteiger partial charge in [0.05, 0.1) is 5.69 Å². The number of thiophene rings is 1. The minimum Gasteiger partial charge on any atom is -0.396 e. The second kappa shape index (κ2) is 5.23. The second-order valence-electron chi connectivity index (χ2n) is 5.71. The van der Waals surface area contributed by atoms with Crippen LogP contribution in [0.5, 0.6) is 0 Å². The molecule has 7 heteroatoms. The number of nitrogen functional groups attached to an aromatic ring is 1. The molecule has 0 aliphatic heterocycles. The molecule has 2 aromatic rings. The van der Waals surface area contributed by atoms with Gasteiger partial charge in [0.2, 0.25) is 0 Å². The number of hydrogen-bond acceptors (Lipinski definition) is 6. The van der Waals surface area contributed by atoms with Gasteiger partial charge in [0.25, 0.3) is 5.91 Å². The zero-order chi connectivity index (χ0) is 15.0. The maximum absolute atomic E-state index is 12.4. The molecular formula is C14H19N5OS. The summed E-state index contributed by atoms with van der Waals surface area (Å²) in [6.07, 6.45) is 6.64. The molecule has 0 unspecified atom stereocenters. The van der Waals surface area contributed by atoms with E-state index in [9.17, 15) is 4.79 Å². The fraction of sp³-hybridized carbons (Fsp3) is 0.500. The Morgan fingerprint density at radius 1 is 1.43 bits per heavy atom. The van der Waals surface area contributed by atoms with Crippen molar-refractivity contribution in [3.05, 3.63) is 17.3 Å². The van der Waals surface area contributed by atoms with Gasteiger partial charge in [-0.3, -0.25) is 4.79 Å². The van der Waals surface area contributed by atoms with Crippen LogP contribution in [-0.4, -0.2) is 47.0 Å². The van der Waals surface area contributed by atoms with Crippen molar-refractivity contribution in [1.29, 1.82) is 0 Å². The zero-order valence-electron chi connectivity index (χ0n) is 12.2. The van der Waals surface area contributed by atoms with E-state index in [2.05, 4.69) is 34.3 Å². The van der Waals surface area contributed by atoms with E-state index in [-0.39, 0.29) is 11.4 Å². The molecule has 0 radical (unpaired) electrons. The van der Waals surface area contributed by atoms with E-state index in [0.717, 1.165) is 12.8 Å². The van der Waals surface area contributed by atoms with E-state index in [0.29, 0.717) is 27.5 Å².